The highest BCUT2D eigenvalue weighted by Gasteiger charge is 2.23. The molecule has 1 atom stereocenters. The molecular weight excluding hydrogens is 486 g/mol. The first-order valence-electron chi connectivity index (χ1n) is 11.2. The molecule has 0 saturated carbocycles. The highest BCUT2D eigenvalue weighted by Crippen LogP contribution is 2.37. The Balaban J connectivity index is 1.72. The molecule has 36 heavy (non-hydrogen) atoms. The predicted octanol–water partition coefficient (Wildman–Crippen LogP) is 3.57. The van der Waals surface area contributed by atoms with Crippen LogP contribution in [-0.4, -0.2) is 33.9 Å². The molecule has 0 bridgehead atoms. The molecule has 4 aromatic rings. The van der Waals surface area contributed by atoms with Gasteiger partial charge >= 0.3 is 0 Å². The Labute approximate surface area is 209 Å². The number of carbonyl (C=O) groups is 1. The second kappa shape index (κ2) is 10.9. The summed E-state index contributed by atoms with van der Waals surface area (Å²) in [5, 5.41) is 16.2. The topological polar surface area (TPSA) is 110 Å². The Morgan fingerprint density at radius 2 is 1.94 bits per heavy atom. The number of nitrogens with zero attached hydrogens (tertiary/aromatic N) is 2. The number of aliphatic hydroxyl groups excluding tert-OH is 1. The van der Waals surface area contributed by atoms with Crippen LogP contribution in [0.3, 0.4) is 0 Å². The van der Waals surface area contributed by atoms with E-state index in [4.69, 9.17) is 10.8 Å². The van der Waals surface area contributed by atoms with E-state index in [2.05, 4.69) is 10.4 Å². The number of thiophene rings is 1. The number of carbonyl (C=O) groups excluding carboxylic acids is 1. The summed E-state index contributed by atoms with van der Waals surface area (Å²) in [5.41, 5.74) is 6.63. The summed E-state index contributed by atoms with van der Waals surface area (Å²) < 4.78 is 29.2. The summed E-state index contributed by atoms with van der Waals surface area (Å²) in [6.45, 7) is 2.65. The fourth-order valence-electron chi connectivity index (χ4n) is 3.91. The SMILES string of the molecule is CC(c1ccc(-c2cc(F)ccc2CNCCO)s1)c1cc(=O)n(-c2ccccc2F)nc1C(N)=O. The van der Waals surface area contributed by atoms with Crippen molar-refractivity contribution in [3.05, 3.63) is 104 Å². The largest absolute Gasteiger partial charge is 0.395 e. The van der Waals surface area contributed by atoms with E-state index in [-0.39, 0.29) is 23.8 Å². The van der Waals surface area contributed by atoms with E-state index in [0.29, 0.717) is 24.2 Å². The molecular formula is C26H24F2N4O3S. The van der Waals surface area contributed by atoms with Gasteiger partial charge in [0, 0.05) is 34.8 Å². The average molecular weight is 511 g/mol. The Bertz CT molecular complexity index is 1470. The van der Waals surface area contributed by atoms with Crippen LogP contribution in [-0.2, 0) is 6.54 Å². The Morgan fingerprint density at radius 3 is 2.67 bits per heavy atom. The van der Waals surface area contributed by atoms with Crippen molar-refractivity contribution >= 4 is 17.2 Å². The number of hydrogen-bond acceptors (Lipinski definition) is 6. The summed E-state index contributed by atoms with van der Waals surface area (Å²) in [5.74, 6) is -2.33. The van der Waals surface area contributed by atoms with Crippen molar-refractivity contribution in [3.63, 3.8) is 0 Å². The second-order valence-electron chi connectivity index (χ2n) is 8.14. The van der Waals surface area contributed by atoms with E-state index in [9.17, 15) is 18.4 Å². The van der Waals surface area contributed by atoms with Gasteiger partial charge in [0.25, 0.3) is 11.5 Å². The number of para-hydroxylation sites is 1. The normalized spacial score (nSPS) is 12.0. The van der Waals surface area contributed by atoms with Crippen molar-refractivity contribution in [1.29, 1.82) is 0 Å². The Morgan fingerprint density at radius 1 is 1.17 bits per heavy atom. The number of amides is 1. The lowest BCUT2D eigenvalue weighted by molar-refractivity contribution is 0.0992. The zero-order chi connectivity index (χ0) is 25.8. The first-order chi connectivity index (χ1) is 17.3. The van der Waals surface area contributed by atoms with Crippen molar-refractivity contribution in [2.45, 2.75) is 19.4 Å². The lowest BCUT2D eigenvalue weighted by Crippen LogP contribution is -2.28. The van der Waals surface area contributed by atoms with Gasteiger partial charge in [0.1, 0.15) is 17.3 Å². The van der Waals surface area contributed by atoms with Gasteiger partial charge < -0.3 is 16.2 Å². The first-order valence-corrected chi connectivity index (χ1v) is 12.0. The fraction of sp³-hybridized carbons (Fsp3) is 0.192. The highest BCUT2D eigenvalue weighted by atomic mass is 32.1. The van der Waals surface area contributed by atoms with E-state index in [1.165, 1.54) is 47.7 Å². The average Bonchev–Trinajstić information content (AvgIpc) is 3.35. The standard InChI is InChI=1S/C26H24F2N4O3S/c1-15(18-13-24(34)32(31-25(18)26(29)35)21-5-3-2-4-20(21)28)22-8-9-23(36-22)19-12-17(27)7-6-16(19)14-30-10-11-33/h2-9,12-13,15,30,33H,10-11,14H2,1H3,(H2,29,35). The van der Waals surface area contributed by atoms with Gasteiger partial charge in [0.05, 0.1) is 6.61 Å². The van der Waals surface area contributed by atoms with E-state index < -0.39 is 23.2 Å². The lowest BCUT2D eigenvalue weighted by Gasteiger charge is -2.15. The molecule has 2 aromatic heterocycles. The minimum atomic E-state index is -0.846. The monoisotopic (exact) mass is 510 g/mol. The van der Waals surface area contributed by atoms with Gasteiger partial charge in [-0.3, -0.25) is 9.59 Å². The number of primary amides is 1. The number of halogens is 2. The molecule has 1 unspecified atom stereocenters. The molecule has 0 radical (unpaired) electrons. The summed E-state index contributed by atoms with van der Waals surface area (Å²) in [4.78, 5) is 26.7. The van der Waals surface area contributed by atoms with Crippen molar-refractivity contribution in [1.82, 2.24) is 15.1 Å². The molecule has 0 spiro atoms. The molecule has 0 aliphatic carbocycles. The van der Waals surface area contributed by atoms with Crippen molar-refractivity contribution in [3.8, 4) is 16.1 Å². The number of nitrogens with one attached hydrogen (secondary N) is 1. The van der Waals surface area contributed by atoms with Crippen LogP contribution in [0.1, 0.15) is 39.3 Å². The summed E-state index contributed by atoms with van der Waals surface area (Å²) >= 11 is 1.39. The van der Waals surface area contributed by atoms with Crippen LogP contribution >= 0.6 is 11.3 Å². The molecule has 4 rings (SSSR count). The summed E-state index contributed by atoms with van der Waals surface area (Å²) in [7, 11) is 0. The van der Waals surface area contributed by atoms with E-state index in [1.807, 2.05) is 12.1 Å². The van der Waals surface area contributed by atoms with E-state index in [1.54, 1.807) is 19.1 Å². The quantitative estimate of drug-likeness (QED) is 0.298. The molecule has 1 amide bonds. The number of hydrogen-bond donors (Lipinski definition) is 3. The molecule has 7 nitrogen and oxygen atoms in total. The van der Waals surface area contributed by atoms with Crippen LogP contribution in [0.4, 0.5) is 8.78 Å². The molecule has 2 aromatic carbocycles. The van der Waals surface area contributed by atoms with Gasteiger partial charge in [-0.1, -0.05) is 25.1 Å². The number of aromatic nitrogens is 2. The minimum absolute atomic E-state index is 0.0108. The molecule has 0 aliphatic rings. The molecule has 186 valence electrons. The summed E-state index contributed by atoms with van der Waals surface area (Å²) in [6, 6.07) is 15.1. The van der Waals surface area contributed by atoms with Gasteiger partial charge in [0.15, 0.2) is 5.69 Å². The summed E-state index contributed by atoms with van der Waals surface area (Å²) in [6.07, 6.45) is 0. The zero-order valence-electron chi connectivity index (χ0n) is 19.4. The fourth-order valence-corrected chi connectivity index (χ4v) is 5.03. The van der Waals surface area contributed by atoms with E-state index in [0.717, 1.165) is 20.0 Å². The van der Waals surface area contributed by atoms with Gasteiger partial charge in [0.2, 0.25) is 0 Å². The smallest absolute Gasteiger partial charge is 0.271 e. The van der Waals surface area contributed by atoms with Crippen LogP contribution in [0.15, 0.2) is 65.5 Å². The van der Waals surface area contributed by atoms with Crippen molar-refractivity contribution in [2.24, 2.45) is 5.73 Å². The molecule has 0 saturated heterocycles. The van der Waals surface area contributed by atoms with Crippen molar-refractivity contribution < 1.29 is 18.7 Å². The number of nitrogens with two attached hydrogens (primary N) is 1. The third-order valence-corrected chi connectivity index (χ3v) is 7.04. The number of aliphatic hydroxyl groups is 1. The number of benzene rings is 2. The third kappa shape index (κ3) is 5.25. The van der Waals surface area contributed by atoms with Crippen LogP contribution in [0.5, 0.6) is 0 Å². The Kier molecular flexibility index (Phi) is 7.68. The first kappa shape index (κ1) is 25.4. The lowest BCUT2D eigenvalue weighted by atomic mass is 9.98. The van der Waals surface area contributed by atoms with Gasteiger partial charge in [-0.2, -0.15) is 9.78 Å². The van der Waals surface area contributed by atoms with Gasteiger partial charge in [-0.25, -0.2) is 8.78 Å². The molecule has 2 heterocycles. The van der Waals surface area contributed by atoms with Crippen LogP contribution in [0.2, 0.25) is 0 Å². The van der Waals surface area contributed by atoms with Crippen LogP contribution in [0.25, 0.3) is 16.1 Å². The predicted molar refractivity (Wildman–Crippen MR) is 134 cm³/mol. The number of rotatable bonds is 9. The minimum Gasteiger partial charge on any atom is -0.395 e. The highest BCUT2D eigenvalue weighted by molar-refractivity contribution is 7.15. The molecule has 4 N–H and O–H groups in total. The van der Waals surface area contributed by atoms with Gasteiger partial charge in [-0.05, 0) is 53.1 Å². The second-order valence-corrected chi connectivity index (χ2v) is 9.25. The van der Waals surface area contributed by atoms with Gasteiger partial charge in [-0.15, -0.1) is 11.3 Å². The maximum Gasteiger partial charge on any atom is 0.271 e. The maximum absolute atomic E-state index is 14.3. The van der Waals surface area contributed by atoms with Crippen molar-refractivity contribution in [2.75, 3.05) is 13.2 Å². The zero-order valence-corrected chi connectivity index (χ0v) is 20.2. The Hall–Kier alpha value is -3.73. The maximum atomic E-state index is 14.3. The molecule has 10 heteroatoms. The third-order valence-electron chi connectivity index (χ3n) is 5.74. The van der Waals surface area contributed by atoms with Crippen LogP contribution < -0.4 is 16.6 Å². The van der Waals surface area contributed by atoms with Crippen LogP contribution in [0, 0.1) is 11.6 Å². The van der Waals surface area contributed by atoms with E-state index >= 15 is 0 Å². The molecule has 0 fully saturated rings. The molecule has 0 aliphatic heterocycles.